The van der Waals surface area contributed by atoms with Gasteiger partial charge in [0.25, 0.3) is 0 Å². The molecule has 8 bridgehead atoms. The molecule has 6 aliphatic heterocycles. The van der Waals surface area contributed by atoms with E-state index in [2.05, 4.69) is 119 Å². The summed E-state index contributed by atoms with van der Waals surface area (Å²) in [6.07, 6.45) is 7.59. The molecule has 9 nitrogen and oxygen atoms in total. The number of benzene rings is 8. The highest BCUT2D eigenvalue weighted by Crippen LogP contribution is 2.66. The highest BCUT2D eigenvalue weighted by atomic mass is 16.6. The van der Waals surface area contributed by atoms with E-state index in [1.807, 2.05) is 84.9 Å². The maximum absolute atomic E-state index is 7.40. The summed E-state index contributed by atoms with van der Waals surface area (Å²) in [5.74, 6) is 6.49. The summed E-state index contributed by atoms with van der Waals surface area (Å²) in [7, 11) is 1.75. The molecule has 6 heterocycles. The Labute approximate surface area is 446 Å². The molecule has 0 aromatic heterocycles. The van der Waals surface area contributed by atoms with Crippen molar-refractivity contribution in [2.75, 3.05) is 60.0 Å². The van der Waals surface area contributed by atoms with Crippen molar-refractivity contribution in [3.63, 3.8) is 0 Å². The van der Waals surface area contributed by atoms with E-state index >= 15 is 0 Å². The zero-order valence-corrected chi connectivity index (χ0v) is 44.2. The molecule has 8 aromatic rings. The van der Waals surface area contributed by atoms with Gasteiger partial charge in [0, 0.05) is 21.9 Å². The van der Waals surface area contributed by atoms with E-state index in [0.29, 0.717) is 75.9 Å². The fraction of sp³-hybridized carbons (Fsp3) is 0.284. The van der Waals surface area contributed by atoms with Crippen molar-refractivity contribution < 1.29 is 42.6 Å². The van der Waals surface area contributed by atoms with Crippen molar-refractivity contribution in [2.45, 2.75) is 52.4 Å². The molecular formula is C67H66O9. The monoisotopic (exact) mass is 1010 g/mol. The van der Waals surface area contributed by atoms with Crippen molar-refractivity contribution in [1.29, 1.82) is 0 Å². The molecule has 388 valence electrons. The highest BCUT2D eigenvalue weighted by molar-refractivity contribution is 6.11. The minimum Gasteiger partial charge on any atom is -0.496 e. The molecule has 8 aromatic carbocycles. The average molecular weight is 1020 g/mol. The van der Waals surface area contributed by atoms with Crippen molar-refractivity contribution in [2.24, 2.45) is 10.8 Å². The van der Waals surface area contributed by atoms with Gasteiger partial charge in [-0.2, -0.15) is 0 Å². The van der Waals surface area contributed by atoms with E-state index in [1.54, 1.807) is 7.11 Å². The molecule has 76 heavy (non-hydrogen) atoms. The van der Waals surface area contributed by atoms with E-state index in [4.69, 9.17) is 42.6 Å². The molecule has 16 rings (SSSR count). The summed E-state index contributed by atoms with van der Waals surface area (Å²) in [4.78, 5) is 0. The first-order chi connectivity index (χ1) is 37.0. The standard InChI is InChI=1S/C67H66O9/c1-65(2)43-66(3,4)45-67(44-65)60-14-10-9-13-55(60)62-58-41-57(47-11-7-6-8-12-47)61(68-5)42-59(58)64-56(63(62)67)32-17-46-15-18-50(19-16-46)74-51-24-20-48(21-25-51)72-39-37-70-35-33-69-34-36-71-38-40-73-49-22-26-52(27-23-49)75-53-28-30-54(76-64)31-29-53/h6-32,41-42H,33-40,43-45H2,1-5H3/b32-17-. The van der Waals surface area contributed by atoms with E-state index in [-0.39, 0.29) is 16.2 Å². The van der Waals surface area contributed by atoms with Gasteiger partial charge in [-0.3, -0.25) is 0 Å². The zero-order valence-electron chi connectivity index (χ0n) is 44.2. The topological polar surface area (TPSA) is 83.1 Å². The maximum atomic E-state index is 7.40. The number of hydrogen-bond acceptors (Lipinski definition) is 9. The molecule has 0 unspecified atom stereocenters. The van der Waals surface area contributed by atoms with Crippen molar-refractivity contribution in [3.05, 3.63) is 186 Å². The van der Waals surface area contributed by atoms with Crippen molar-refractivity contribution in [3.8, 4) is 74.0 Å². The van der Waals surface area contributed by atoms with Gasteiger partial charge in [0.1, 0.15) is 65.0 Å². The van der Waals surface area contributed by atoms with Crippen LogP contribution >= 0.6 is 0 Å². The predicted molar refractivity (Wildman–Crippen MR) is 302 cm³/mol. The zero-order chi connectivity index (χ0) is 52.1. The Morgan fingerprint density at radius 3 is 1.43 bits per heavy atom. The van der Waals surface area contributed by atoms with Crippen LogP contribution in [0.4, 0.5) is 0 Å². The Morgan fingerprint density at radius 2 is 0.895 bits per heavy atom. The minimum absolute atomic E-state index is 0.0415. The molecule has 0 amide bonds. The maximum Gasteiger partial charge on any atom is 0.142 e. The molecule has 1 saturated carbocycles. The van der Waals surface area contributed by atoms with E-state index in [9.17, 15) is 0 Å². The van der Waals surface area contributed by atoms with Crippen LogP contribution in [0.15, 0.2) is 164 Å². The lowest BCUT2D eigenvalue weighted by molar-refractivity contribution is 0.00499. The quantitative estimate of drug-likeness (QED) is 0.168. The molecule has 9 heteroatoms. The molecule has 0 atom stereocenters. The molecule has 1 fully saturated rings. The van der Waals surface area contributed by atoms with Crippen LogP contribution in [0.2, 0.25) is 0 Å². The van der Waals surface area contributed by atoms with Crippen LogP contribution in [0, 0.1) is 10.8 Å². The third-order valence-corrected chi connectivity index (χ3v) is 14.6. The first-order valence-corrected chi connectivity index (χ1v) is 26.5. The lowest BCUT2D eigenvalue weighted by atomic mass is 9.52. The third-order valence-electron chi connectivity index (χ3n) is 14.6. The Hall–Kier alpha value is -7.56. The molecule has 1 spiro atoms. The number of methoxy groups -OCH3 is 1. The van der Waals surface area contributed by atoms with Gasteiger partial charge < -0.3 is 42.6 Å². The predicted octanol–water partition coefficient (Wildman–Crippen LogP) is 16.4. The molecule has 8 aliphatic rings. The average Bonchev–Trinajstić information content (AvgIpc) is 3.90. The normalized spacial score (nSPS) is 17.8. The van der Waals surface area contributed by atoms with Gasteiger partial charge in [0.15, 0.2) is 0 Å². The van der Waals surface area contributed by atoms with Gasteiger partial charge in [-0.25, -0.2) is 0 Å². The molecular weight excluding hydrogens is 949 g/mol. The Balaban J connectivity index is 1.04. The second-order valence-corrected chi connectivity index (χ2v) is 21.6. The summed E-state index contributed by atoms with van der Waals surface area (Å²) in [5, 5.41) is 2.08. The Bertz CT molecular complexity index is 3290. The van der Waals surface area contributed by atoms with Gasteiger partial charge in [-0.1, -0.05) is 107 Å². The van der Waals surface area contributed by atoms with Crippen LogP contribution in [0.3, 0.4) is 0 Å². The van der Waals surface area contributed by atoms with Gasteiger partial charge in [0.05, 0.1) is 46.8 Å². The lowest BCUT2D eigenvalue weighted by Gasteiger charge is -2.52. The van der Waals surface area contributed by atoms with Crippen molar-refractivity contribution in [1.82, 2.24) is 0 Å². The summed E-state index contributed by atoms with van der Waals surface area (Å²) in [5.41, 5.74) is 9.15. The van der Waals surface area contributed by atoms with E-state index in [0.717, 1.165) is 81.0 Å². The van der Waals surface area contributed by atoms with E-state index in [1.165, 1.54) is 22.3 Å². The first kappa shape index (κ1) is 50.6. The summed E-state index contributed by atoms with van der Waals surface area (Å²) in [6, 6.07) is 55.6. The second-order valence-electron chi connectivity index (χ2n) is 21.6. The van der Waals surface area contributed by atoms with Gasteiger partial charge >= 0.3 is 0 Å². The summed E-state index contributed by atoms with van der Waals surface area (Å²) in [6.45, 7) is 13.4. The van der Waals surface area contributed by atoms with Crippen LogP contribution in [-0.4, -0.2) is 60.0 Å². The number of rotatable bonds is 2. The van der Waals surface area contributed by atoms with Gasteiger partial charge in [-0.15, -0.1) is 0 Å². The number of fused-ring (bicyclic) bond motifs is 9. The lowest BCUT2D eigenvalue weighted by Crippen LogP contribution is -2.44. The fourth-order valence-electron chi connectivity index (χ4n) is 12.3. The van der Waals surface area contributed by atoms with Crippen LogP contribution in [-0.2, 0) is 19.6 Å². The number of ether oxygens (including phenoxy) is 9. The van der Waals surface area contributed by atoms with E-state index < -0.39 is 0 Å². The summed E-state index contributed by atoms with van der Waals surface area (Å²) < 4.78 is 55.4. The van der Waals surface area contributed by atoms with Gasteiger partial charge in [0.2, 0.25) is 0 Å². The van der Waals surface area contributed by atoms with Crippen molar-refractivity contribution >= 4 is 22.9 Å². The largest absolute Gasteiger partial charge is 0.496 e. The molecule has 2 aliphatic carbocycles. The molecule has 0 N–H and O–H groups in total. The second kappa shape index (κ2) is 22.0. The smallest absolute Gasteiger partial charge is 0.142 e. The van der Waals surface area contributed by atoms with Crippen LogP contribution in [0.25, 0.3) is 45.2 Å². The Kier molecular flexibility index (Phi) is 14.6. The fourth-order valence-corrected chi connectivity index (χ4v) is 12.3. The minimum atomic E-state index is -0.323. The van der Waals surface area contributed by atoms with Crippen LogP contribution in [0.1, 0.15) is 69.2 Å². The van der Waals surface area contributed by atoms with Gasteiger partial charge in [-0.05, 0) is 166 Å². The van der Waals surface area contributed by atoms with Crippen LogP contribution < -0.4 is 28.4 Å². The highest BCUT2D eigenvalue weighted by Gasteiger charge is 2.55. The Morgan fingerprint density at radius 1 is 0.421 bits per heavy atom. The SMILES string of the molecule is COc1cc2c3c(c4c(c2cc1-c1ccccc1)-c1ccccc1C41CC(C)(C)CC(C)(C)C1)/C=C\c1ccc(cc1)Oc1ccc(cc1)OCCOCCOCCOCCOc1ccc(cc1)Oc1ccc(cc1)O3. The van der Waals surface area contributed by atoms with Crippen LogP contribution in [0.5, 0.6) is 51.7 Å². The first-order valence-electron chi connectivity index (χ1n) is 26.5. The molecule has 0 radical (unpaired) electrons. The number of hydrogen-bond donors (Lipinski definition) is 0. The molecule has 0 saturated heterocycles. The third kappa shape index (κ3) is 11.1. The summed E-state index contributed by atoms with van der Waals surface area (Å²) >= 11 is 0.